The van der Waals surface area contributed by atoms with Crippen molar-refractivity contribution in [2.24, 2.45) is 0 Å². The Balaban J connectivity index is 1.73. The van der Waals surface area contributed by atoms with E-state index in [4.69, 9.17) is 0 Å². The van der Waals surface area contributed by atoms with Crippen molar-refractivity contribution in [3.05, 3.63) is 48.7 Å². The Morgan fingerprint density at radius 3 is 2.84 bits per heavy atom. The van der Waals surface area contributed by atoms with Gasteiger partial charge in [-0.15, -0.1) is 11.3 Å². The molecule has 19 heavy (non-hydrogen) atoms. The number of nitrogens with zero attached hydrogens (tertiary/aromatic N) is 2. The van der Waals surface area contributed by atoms with E-state index in [-0.39, 0.29) is 0 Å². The molecule has 0 saturated heterocycles. The average molecular weight is 300 g/mol. The van der Waals surface area contributed by atoms with Gasteiger partial charge in [-0.2, -0.15) is 0 Å². The summed E-state index contributed by atoms with van der Waals surface area (Å²) in [7, 11) is 0. The third-order valence-corrected chi connectivity index (χ3v) is 6.01. The highest BCUT2D eigenvalue weighted by atomic mass is 32.2. The molecule has 0 aliphatic carbocycles. The van der Waals surface area contributed by atoms with Crippen LogP contribution in [-0.4, -0.2) is 9.97 Å². The molecular weight excluding hydrogens is 292 g/mol. The van der Waals surface area contributed by atoms with Crippen molar-refractivity contribution in [1.29, 1.82) is 0 Å². The van der Waals surface area contributed by atoms with E-state index in [1.807, 2.05) is 29.7 Å². The lowest BCUT2D eigenvalue weighted by Gasteiger charge is -1.88. The van der Waals surface area contributed by atoms with Crippen LogP contribution in [0.1, 0.15) is 0 Å². The zero-order chi connectivity index (χ0) is 12.7. The van der Waals surface area contributed by atoms with E-state index in [1.165, 1.54) is 14.3 Å². The summed E-state index contributed by atoms with van der Waals surface area (Å²) < 4.78 is 3.66. The first kappa shape index (κ1) is 11.4. The molecular formula is C14H8N2S3. The number of hydrogen-bond donors (Lipinski definition) is 0. The van der Waals surface area contributed by atoms with Crippen molar-refractivity contribution in [2.45, 2.75) is 8.55 Å². The maximum atomic E-state index is 4.60. The Morgan fingerprint density at radius 2 is 1.95 bits per heavy atom. The number of hydrogen-bond acceptors (Lipinski definition) is 5. The molecule has 0 amide bonds. The number of aromatic nitrogens is 2. The molecule has 0 spiro atoms. The predicted octanol–water partition coefficient (Wildman–Crippen LogP) is 5.06. The van der Waals surface area contributed by atoms with Crippen molar-refractivity contribution < 1.29 is 0 Å². The number of thiazole rings is 1. The molecule has 3 heterocycles. The zero-order valence-electron chi connectivity index (χ0n) is 9.74. The van der Waals surface area contributed by atoms with Crippen LogP contribution in [0.25, 0.3) is 20.4 Å². The molecule has 92 valence electrons. The molecule has 0 saturated carbocycles. The second-order valence-corrected chi connectivity index (χ2v) is 7.62. The smallest absolute Gasteiger partial charge is 0.158 e. The fourth-order valence-electron chi connectivity index (χ4n) is 1.89. The van der Waals surface area contributed by atoms with E-state index in [2.05, 4.69) is 40.3 Å². The SMILES string of the molecule is c1ccc2sc(Sc3nc4cccnc4s3)cc2c1. The second kappa shape index (κ2) is 4.59. The summed E-state index contributed by atoms with van der Waals surface area (Å²) in [4.78, 5) is 9.94. The highest BCUT2D eigenvalue weighted by molar-refractivity contribution is 8.03. The number of thiophene rings is 1. The fourth-order valence-corrected chi connectivity index (χ4v) is 5.33. The van der Waals surface area contributed by atoms with Gasteiger partial charge in [0.1, 0.15) is 10.3 Å². The summed E-state index contributed by atoms with van der Waals surface area (Å²) >= 11 is 5.19. The van der Waals surface area contributed by atoms with Gasteiger partial charge in [-0.05, 0) is 41.4 Å². The van der Waals surface area contributed by atoms with Crippen LogP contribution in [0.2, 0.25) is 0 Å². The first-order valence-corrected chi connectivity index (χ1v) is 8.21. The van der Waals surface area contributed by atoms with Crippen molar-refractivity contribution >= 4 is 54.9 Å². The second-order valence-electron chi connectivity index (χ2n) is 4.01. The van der Waals surface area contributed by atoms with Crippen LogP contribution in [0.3, 0.4) is 0 Å². The average Bonchev–Trinajstić information content (AvgIpc) is 3.00. The van der Waals surface area contributed by atoms with E-state index < -0.39 is 0 Å². The maximum absolute atomic E-state index is 4.60. The van der Waals surface area contributed by atoms with Crippen LogP contribution < -0.4 is 0 Å². The van der Waals surface area contributed by atoms with Gasteiger partial charge >= 0.3 is 0 Å². The van der Waals surface area contributed by atoms with Crippen LogP contribution in [0, 0.1) is 0 Å². The van der Waals surface area contributed by atoms with Gasteiger partial charge in [0.2, 0.25) is 0 Å². The highest BCUT2D eigenvalue weighted by Gasteiger charge is 2.08. The van der Waals surface area contributed by atoms with E-state index in [0.717, 1.165) is 14.7 Å². The Hall–Kier alpha value is -1.43. The summed E-state index contributed by atoms with van der Waals surface area (Å²) in [6.07, 6.45) is 1.81. The van der Waals surface area contributed by atoms with Gasteiger partial charge in [0.15, 0.2) is 4.34 Å². The van der Waals surface area contributed by atoms with Crippen molar-refractivity contribution in [2.75, 3.05) is 0 Å². The minimum atomic E-state index is 0.983. The number of pyridine rings is 1. The topological polar surface area (TPSA) is 25.8 Å². The Kier molecular flexibility index (Phi) is 2.76. The molecule has 0 aliphatic rings. The van der Waals surface area contributed by atoms with Gasteiger partial charge in [-0.25, -0.2) is 9.97 Å². The van der Waals surface area contributed by atoms with Crippen LogP contribution in [0.5, 0.6) is 0 Å². The molecule has 2 nitrogen and oxygen atoms in total. The van der Waals surface area contributed by atoms with Crippen LogP contribution in [0.4, 0.5) is 0 Å². The van der Waals surface area contributed by atoms with Crippen molar-refractivity contribution in [3.8, 4) is 0 Å². The lowest BCUT2D eigenvalue weighted by molar-refractivity contribution is 1.29. The molecule has 0 aliphatic heterocycles. The molecule has 0 atom stereocenters. The molecule has 0 N–H and O–H groups in total. The van der Waals surface area contributed by atoms with E-state index in [9.17, 15) is 0 Å². The van der Waals surface area contributed by atoms with E-state index in [1.54, 1.807) is 23.1 Å². The third-order valence-electron chi connectivity index (χ3n) is 2.74. The molecule has 4 aromatic rings. The van der Waals surface area contributed by atoms with Gasteiger partial charge in [0, 0.05) is 10.9 Å². The van der Waals surface area contributed by atoms with Crippen molar-refractivity contribution in [3.63, 3.8) is 0 Å². The number of fused-ring (bicyclic) bond motifs is 2. The summed E-state index contributed by atoms with van der Waals surface area (Å²) in [5, 5.41) is 1.30. The number of benzene rings is 1. The van der Waals surface area contributed by atoms with Gasteiger partial charge in [-0.1, -0.05) is 29.5 Å². The normalized spacial score (nSPS) is 11.4. The molecule has 4 rings (SSSR count). The highest BCUT2D eigenvalue weighted by Crippen LogP contribution is 2.39. The first-order valence-electron chi connectivity index (χ1n) is 5.76. The van der Waals surface area contributed by atoms with Gasteiger partial charge in [-0.3, -0.25) is 0 Å². The van der Waals surface area contributed by atoms with Gasteiger partial charge < -0.3 is 0 Å². The van der Waals surface area contributed by atoms with Gasteiger partial charge in [0.05, 0.1) is 4.21 Å². The van der Waals surface area contributed by atoms with Crippen LogP contribution in [0.15, 0.2) is 57.2 Å². The maximum Gasteiger partial charge on any atom is 0.158 e. The van der Waals surface area contributed by atoms with Crippen molar-refractivity contribution in [1.82, 2.24) is 9.97 Å². The predicted molar refractivity (Wildman–Crippen MR) is 83.4 cm³/mol. The summed E-state index contributed by atoms with van der Waals surface area (Å²) in [5.41, 5.74) is 0.983. The molecule has 0 bridgehead atoms. The summed E-state index contributed by atoms with van der Waals surface area (Å²) in [6.45, 7) is 0. The minimum Gasteiger partial charge on any atom is -0.244 e. The van der Waals surface area contributed by atoms with Crippen LogP contribution in [-0.2, 0) is 0 Å². The monoisotopic (exact) mass is 300 g/mol. The molecule has 0 radical (unpaired) electrons. The third kappa shape index (κ3) is 2.14. The fraction of sp³-hybridized carbons (Fsp3) is 0. The number of rotatable bonds is 2. The van der Waals surface area contributed by atoms with Gasteiger partial charge in [0.25, 0.3) is 0 Å². The molecule has 0 fully saturated rings. The zero-order valence-corrected chi connectivity index (χ0v) is 12.2. The molecule has 5 heteroatoms. The Morgan fingerprint density at radius 1 is 1.00 bits per heavy atom. The minimum absolute atomic E-state index is 0.983. The standard InChI is InChI=1S/C14H8N2S3/c1-2-6-11-9(4-1)8-12(17-11)18-14-16-10-5-3-7-15-13(10)19-14/h1-8H. The Labute approximate surface area is 122 Å². The lowest BCUT2D eigenvalue weighted by Crippen LogP contribution is -1.69. The summed E-state index contributed by atoms with van der Waals surface area (Å²) in [5.74, 6) is 0. The summed E-state index contributed by atoms with van der Waals surface area (Å²) in [6, 6.07) is 14.6. The molecule has 3 aromatic heterocycles. The Bertz CT molecular complexity index is 725. The lowest BCUT2D eigenvalue weighted by atomic mass is 10.3. The largest absolute Gasteiger partial charge is 0.244 e. The van der Waals surface area contributed by atoms with E-state index >= 15 is 0 Å². The quantitative estimate of drug-likeness (QED) is 0.517. The first-order chi connectivity index (χ1) is 9.38. The molecule has 1 aromatic carbocycles. The molecule has 0 unspecified atom stereocenters. The van der Waals surface area contributed by atoms with E-state index in [0.29, 0.717) is 0 Å². The van der Waals surface area contributed by atoms with Crippen LogP contribution >= 0.6 is 34.4 Å².